The standard InChI is InChI=1S/C30H33F4N5O2/c1-17-9-24(30(32,33)34)23(13-35-17)29(40)37-26-10-22(21-7-8-28(36-12-21)41-16-20-5-6-20)25(31)11-27(26)39-14-18(2)38(4)19(3)15-39/h7-13,18-20,35H,1,5-6,14-16H2,2-4H3,(H,37,40)/t18-,19+. The molecule has 5 rings (SSSR count). The number of allylic oxidation sites excluding steroid dienone is 1. The molecule has 0 radical (unpaired) electrons. The first-order valence-corrected chi connectivity index (χ1v) is 13.6. The van der Waals surface area contributed by atoms with Gasteiger partial charge in [-0.2, -0.15) is 13.2 Å². The number of carbonyl (C=O) groups is 1. The van der Waals surface area contributed by atoms with Crippen LogP contribution in [0.1, 0.15) is 26.7 Å². The normalized spacial score (nSPS) is 21.6. The van der Waals surface area contributed by atoms with Gasteiger partial charge >= 0.3 is 6.18 Å². The third-order valence-electron chi connectivity index (χ3n) is 7.81. The van der Waals surface area contributed by atoms with Gasteiger partial charge in [-0.15, -0.1) is 0 Å². The fraction of sp³-hybridized carbons (Fsp3) is 0.400. The molecule has 41 heavy (non-hydrogen) atoms. The number of carbonyl (C=O) groups excluding carboxylic acids is 1. The molecule has 0 spiro atoms. The maximum atomic E-state index is 15.7. The summed E-state index contributed by atoms with van der Waals surface area (Å²) >= 11 is 0. The van der Waals surface area contributed by atoms with Crippen molar-refractivity contribution in [2.45, 2.75) is 44.9 Å². The number of hydrogen-bond donors (Lipinski definition) is 2. The van der Waals surface area contributed by atoms with Crippen molar-refractivity contribution in [1.29, 1.82) is 0 Å². The van der Waals surface area contributed by atoms with E-state index in [0.717, 1.165) is 25.1 Å². The van der Waals surface area contributed by atoms with Gasteiger partial charge in [-0.05, 0) is 63.9 Å². The molecule has 218 valence electrons. The first-order valence-electron chi connectivity index (χ1n) is 13.6. The van der Waals surface area contributed by atoms with Crippen LogP contribution >= 0.6 is 0 Å². The second kappa shape index (κ2) is 11.2. The van der Waals surface area contributed by atoms with Crippen LogP contribution in [0.25, 0.3) is 11.1 Å². The lowest BCUT2D eigenvalue weighted by atomic mass is 10.0. The fourth-order valence-corrected chi connectivity index (χ4v) is 5.01. The summed E-state index contributed by atoms with van der Waals surface area (Å²) in [6, 6.07) is 6.33. The summed E-state index contributed by atoms with van der Waals surface area (Å²) in [5.41, 5.74) is -0.538. The first kappa shape index (κ1) is 28.7. The number of hydrogen-bond acceptors (Lipinski definition) is 6. The Labute approximate surface area is 236 Å². The third-order valence-corrected chi connectivity index (χ3v) is 7.81. The Hall–Kier alpha value is -3.86. The van der Waals surface area contributed by atoms with Crippen LogP contribution in [0, 0.1) is 11.7 Å². The van der Waals surface area contributed by atoms with Gasteiger partial charge < -0.3 is 20.3 Å². The highest BCUT2D eigenvalue weighted by molar-refractivity contribution is 6.09. The predicted octanol–water partition coefficient (Wildman–Crippen LogP) is 5.63. The van der Waals surface area contributed by atoms with Crippen molar-refractivity contribution in [3.8, 4) is 17.0 Å². The Bertz CT molecular complexity index is 1390. The Morgan fingerprint density at radius 2 is 1.90 bits per heavy atom. The van der Waals surface area contributed by atoms with Gasteiger partial charge in [-0.25, -0.2) is 9.37 Å². The number of alkyl halides is 3. The lowest BCUT2D eigenvalue weighted by molar-refractivity contribution is -0.115. The zero-order valence-electron chi connectivity index (χ0n) is 23.2. The summed E-state index contributed by atoms with van der Waals surface area (Å²) in [7, 11) is 2.01. The molecule has 1 saturated carbocycles. The van der Waals surface area contributed by atoms with Crippen molar-refractivity contribution in [3.05, 3.63) is 72.0 Å². The quantitative estimate of drug-likeness (QED) is 0.420. The van der Waals surface area contributed by atoms with Crippen LogP contribution in [-0.4, -0.2) is 60.8 Å². The zero-order valence-corrected chi connectivity index (χ0v) is 23.2. The summed E-state index contributed by atoms with van der Waals surface area (Å²) in [5, 5.41) is 5.22. The Kier molecular flexibility index (Phi) is 7.83. The molecule has 2 N–H and O–H groups in total. The average molecular weight is 572 g/mol. The summed E-state index contributed by atoms with van der Waals surface area (Å²) in [6.07, 6.45) is 0.745. The van der Waals surface area contributed by atoms with Crippen LogP contribution in [0.3, 0.4) is 0 Å². The minimum atomic E-state index is -4.78. The van der Waals surface area contributed by atoms with Gasteiger partial charge in [-0.3, -0.25) is 9.69 Å². The van der Waals surface area contributed by atoms with Crippen molar-refractivity contribution in [2.75, 3.05) is 37.0 Å². The molecule has 2 atom stereocenters. The number of pyridine rings is 1. The molecule has 2 fully saturated rings. The number of dihydropyridines is 1. The number of aromatic nitrogens is 1. The molecule has 7 nitrogen and oxygen atoms in total. The summed E-state index contributed by atoms with van der Waals surface area (Å²) in [5.74, 6) is -0.551. The number of benzene rings is 1. The van der Waals surface area contributed by atoms with Crippen LogP contribution in [0.4, 0.5) is 28.9 Å². The van der Waals surface area contributed by atoms with E-state index in [1.54, 1.807) is 12.1 Å². The highest BCUT2D eigenvalue weighted by Crippen LogP contribution is 2.38. The molecule has 11 heteroatoms. The largest absolute Gasteiger partial charge is 0.477 e. The van der Waals surface area contributed by atoms with Gasteiger partial charge in [0.25, 0.3) is 5.91 Å². The van der Waals surface area contributed by atoms with Crippen LogP contribution < -0.4 is 20.3 Å². The van der Waals surface area contributed by atoms with Crippen LogP contribution in [-0.2, 0) is 4.79 Å². The second-order valence-electron chi connectivity index (χ2n) is 11.0. The molecule has 3 aliphatic rings. The maximum Gasteiger partial charge on any atom is 0.417 e. The minimum absolute atomic E-state index is 0.0103. The van der Waals surface area contributed by atoms with Gasteiger partial charge in [0.1, 0.15) is 5.82 Å². The van der Waals surface area contributed by atoms with Crippen molar-refractivity contribution in [2.24, 2.45) is 5.92 Å². The van der Waals surface area contributed by atoms with Gasteiger partial charge in [0, 0.05) is 60.5 Å². The highest BCUT2D eigenvalue weighted by atomic mass is 19.4. The van der Waals surface area contributed by atoms with Gasteiger partial charge in [0.05, 0.1) is 29.1 Å². The molecule has 2 aliphatic heterocycles. The van der Waals surface area contributed by atoms with Gasteiger partial charge in [0.15, 0.2) is 0 Å². The minimum Gasteiger partial charge on any atom is -0.477 e. The lowest BCUT2D eigenvalue weighted by Crippen LogP contribution is -2.55. The number of nitrogens with one attached hydrogen (secondary N) is 2. The first-order chi connectivity index (χ1) is 19.4. The summed E-state index contributed by atoms with van der Waals surface area (Å²) in [4.78, 5) is 21.8. The molecule has 3 heterocycles. The molecule has 2 aromatic rings. The number of ether oxygens (including phenoxy) is 1. The molecule has 0 unspecified atom stereocenters. The number of anilines is 2. The molecular formula is C30H33F4N5O2. The van der Waals surface area contributed by atoms with E-state index in [4.69, 9.17) is 4.74 Å². The number of rotatable bonds is 7. The van der Waals surface area contributed by atoms with Gasteiger partial charge in [0.2, 0.25) is 5.88 Å². The Morgan fingerprint density at radius 1 is 1.20 bits per heavy atom. The second-order valence-corrected chi connectivity index (χ2v) is 11.0. The third kappa shape index (κ3) is 6.40. The lowest BCUT2D eigenvalue weighted by Gasteiger charge is -2.44. The van der Waals surface area contributed by atoms with E-state index >= 15 is 4.39 Å². The monoisotopic (exact) mass is 571 g/mol. The summed E-state index contributed by atoms with van der Waals surface area (Å²) in [6.45, 7) is 9.24. The van der Waals surface area contributed by atoms with Crippen LogP contribution in [0.15, 0.2) is 66.2 Å². The molecule has 1 aromatic carbocycles. The van der Waals surface area contributed by atoms with E-state index in [1.165, 1.54) is 18.3 Å². The zero-order chi connectivity index (χ0) is 29.5. The molecular weight excluding hydrogens is 538 g/mol. The van der Waals surface area contributed by atoms with E-state index in [-0.39, 0.29) is 29.0 Å². The van der Waals surface area contributed by atoms with Crippen molar-refractivity contribution >= 4 is 17.3 Å². The van der Waals surface area contributed by atoms with Crippen molar-refractivity contribution in [1.82, 2.24) is 15.2 Å². The topological polar surface area (TPSA) is 69.7 Å². The predicted molar refractivity (Wildman–Crippen MR) is 150 cm³/mol. The maximum absolute atomic E-state index is 15.7. The van der Waals surface area contributed by atoms with E-state index in [1.807, 2.05) is 25.8 Å². The smallest absolute Gasteiger partial charge is 0.417 e. The number of nitrogens with zero attached hydrogens (tertiary/aromatic N) is 3. The van der Waals surface area contributed by atoms with E-state index in [0.29, 0.717) is 42.7 Å². The molecule has 1 aliphatic carbocycles. The number of amides is 1. The Balaban J connectivity index is 1.50. The molecule has 1 amide bonds. The molecule has 1 aromatic heterocycles. The van der Waals surface area contributed by atoms with Crippen molar-refractivity contribution in [3.63, 3.8) is 0 Å². The molecule has 1 saturated heterocycles. The van der Waals surface area contributed by atoms with Crippen molar-refractivity contribution < 1.29 is 27.1 Å². The van der Waals surface area contributed by atoms with Gasteiger partial charge in [-0.1, -0.05) is 6.58 Å². The number of likely N-dealkylation sites (N-methyl/N-ethyl adjacent to an activating group) is 1. The number of piperazine rings is 1. The van der Waals surface area contributed by atoms with Crippen LogP contribution in [0.2, 0.25) is 0 Å². The van der Waals surface area contributed by atoms with E-state index in [2.05, 4.69) is 27.1 Å². The van der Waals surface area contributed by atoms with E-state index < -0.39 is 29.0 Å². The molecule has 0 bridgehead atoms. The number of halogens is 4. The SMILES string of the molecule is C=C1C=C(C(F)(F)F)C(C(=O)Nc2cc(-c3ccc(OCC4CC4)nc3)c(F)cc2N2C[C@@H](C)N(C)[C@@H](C)C2)=CN1. The van der Waals surface area contributed by atoms with Crippen LogP contribution in [0.5, 0.6) is 5.88 Å². The highest BCUT2D eigenvalue weighted by Gasteiger charge is 2.40. The van der Waals surface area contributed by atoms with E-state index in [9.17, 15) is 18.0 Å². The summed E-state index contributed by atoms with van der Waals surface area (Å²) < 4.78 is 62.7. The Morgan fingerprint density at radius 3 is 2.51 bits per heavy atom. The average Bonchev–Trinajstić information content (AvgIpc) is 3.75. The fourth-order valence-electron chi connectivity index (χ4n) is 5.01.